The van der Waals surface area contributed by atoms with Gasteiger partial charge in [-0.25, -0.2) is 0 Å². The van der Waals surface area contributed by atoms with Gasteiger partial charge in [0.2, 0.25) is 0 Å². The van der Waals surface area contributed by atoms with Crippen LogP contribution in [0.4, 0.5) is 0 Å². The van der Waals surface area contributed by atoms with Crippen LogP contribution in [0.15, 0.2) is 16.7 Å². The third-order valence-electron chi connectivity index (χ3n) is 3.46. The Hall–Kier alpha value is -0.450. The Labute approximate surface area is 127 Å². The molecule has 1 saturated heterocycles. The summed E-state index contributed by atoms with van der Waals surface area (Å²) in [6.07, 6.45) is 1.90. The van der Waals surface area contributed by atoms with Gasteiger partial charge < -0.3 is 9.73 Å². The molecular formula is C16H28N2OS. The summed E-state index contributed by atoms with van der Waals surface area (Å²) in [7, 11) is 0. The summed E-state index contributed by atoms with van der Waals surface area (Å²) in [5.74, 6) is 1.79. The van der Waals surface area contributed by atoms with Crippen molar-refractivity contribution in [3.05, 3.63) is 23.7 Å². The highest BCUT2D eigenvalue weighted by Gasteiger charge is 2.22. The van der Waals surface area contributed by atoms with Crippen molar-refractivity contribution < 1.29 is 4.42 Å². The number of nitrogens with one attached hydrogen (secondary N) is 1. The highest BCUT2D eigenvalue weighted by molar-refractivity contribution is 8.00. The second-order valence-electron chi connectivity index (χ2n) is 6.40. The summed E-state index contributed by atoms with van der Waals surface area (Å²) < 4.78 is 5.71. The highest BCUT2D eigenvalue weighted by Crippen LogP contribution is 2.26. The molecule has 0 saturated carbocycles. The average molecular weight is 296 g/mol. The predicted octanol–water partition coefficient (Wildman–Crippen LogP) is 3.35. The lowest BCUT2D eigenvalue weighted by Crippen LogP contribution is -2.39. The van der Waals surface area contributed by atoms with Gasteiger partial charge in [-0.2, -0.15) is 11.8 Å². The maximum atomic E-state index is 5.71. The van der Waals surface area contributed by atoms with Crippen LogP contribution < -0.4 is 5.32 Å². The third kappa shape index (κ3) is 5.15. The molecule has 2 unspecified atom stereocenters. The molecule has 1 aliphatic heterocycles. The number of rotatable bonds is 6. The minimum atomic E-state index is 0.690. The van der Waals surface area contributed by atoms with Crippen molar-refractivity contribution in [1.82, 2.24) is 10.2 Å². The van der Waals surface area contributed by atoms with Crippen LogP contribution in [0.2, 0.25) is 0 Å². The Morgan fingerprint density at radius 1 is 1.35 bits per heavy atom. The Morgan fingerprint density at radius 2 is 2.05 bits per heavy atom. The summed E-state index contributed by atoms with van der Waals surface area (Å²) in [6, 6.07) is 2.20. The Kier molecular flexibility index (Phi) is 6.00. The molecular weight excluding hydrogens is 268 g/mol. The SMILES string of the molecule is CC(C)CNCc1coc(CN2CC(C)SC(C)C2)c1. The van der Waals surface area contributed by atoms with Crippen molar-refractivity contribution >= 4 is 11.8 Å². The highest BCUT2D eigenvalue weighted by atomic mass is 32.2. The van der Waals surface area contributed by atoms with E-state index in [1.54, 1.807) is 0 Å². The molecule has 0 amide bonds. The normalized spacial score (nSPS) is 24.4. The Balaban J connectivity index is 1.80. The van der Waals surface area contributed by atoms with E-state index in [1.165, 1.54) is 5.56 Å². The van der Waals surface area contributed by atoms with Crippen molar-refractivity contribution in [3.8, 4) is 0 Å². The summed E-state index contributed by atoms with van der Waals surface area (Å²) in [5.41, 5.74) is 1.26. The minimum absolute atomic E-state index is 0.690. The molecule has 114 valence electrons. The standard InChI is InChI=1S/C16H28N2OS/c1-12(2)6-17-7-15-5-16(19-11-15)10-18-8-13(3)20-14(4)9-18/h5,11-14,17H,6-10H2,1-4H3. The largest absolute Gasteiger partial charge is 0.468 e. The molecule has 2 atom stereocenters. The van der Waals surface area contributed by atoms with Gasteiger partial charge in [0.15, 0.2) is 0 Å². The van der Waals surface area contributed by atoms with Crippen LogP contribution in [-0.4, -0.2) is 35.0 Å². The summed E-state index contributed by atoms with van der Waals surface area (Å²) in [5, 5.41) is 4.90. The molecule has 1 aliphatic rings. The molecule has 0 radical (unpaired) electrons. The smallest absolute Gasteiger partial charge is 0.118 e. The lowest BCUT2D eigenvalue weighted by atomic mass is 10.2. The molecule has 3 nitrogen and oxygen atoms in total. The van der Waals surface area contributed by atoms with Gasteiger partial charge in [0.05, 0.1) is 12.8 Å². The van der Waals surface area contributed by atoms with Gasteiger partial charge in [-0.05, 0) is 18.5 Å². The van der Waals surface area contributed by atoms with E-state index in [0.29, 0.717) is 5.92 Å². The van der Waals surface area contributed by atoms with E-state index in [4.69, 9.17) is 4.42 Å². The van der Waals surface area contributed by atoms with E-state index in [0.717, 1.165) is 49.0 Å². The molecule has 2 rings (SSSR count). The maximum absolute atomic E-state index is 5.71. The fraction of sp³-hybridized carbons (Fsp3) is 0.750. The quantitative estimate of drug-likeness (QED) is 0.871. The first kappa shape index (κ1) is 15.9. The van der Waals surface area contributed by atoms with E-state index >= 15 is 0 Å². The zero-order chi connectivity index (χ0) is 14.5. The summed E-state index contributed by atoms with van der Waals surface area (Å²) in [4.78, 5) is 2.51. The number of hydrogen-bond acceptors (Lipinski definition) is 4. The van der Waals surface area contributed by atoms with Gasteiger partial charge in [0.1, 0.15) is 5.76 Å². The molecule has 0 spiro atoms. The van der Waals surface area contributed by atoms with Crippen molar-refractivity contribution in [3.63, 3.8) is 0 Å². The molecule has 0 aliphatic carbocycles. The first-order valence-corrected chi connectivity index (χ1v) is 8.62. The number of nitrogens with zero attached hydrogens (tertiary/aromatic N) is 1. The predicted molar refractivity (Wildman–Crippen MR) is 87.0 cm³/mol. The van der Waals surface area contributed by atoms with Crippen molar-refractivity contribution in [2.75, 3.05) is 19.6 Å². The van der Waals surface area contributed by atoms with E-state index < -0.39 is 0 Å². The molecule has 4 heteroatoms. The molecule has 20 heavy (non-hydrogen) atoms. The zero-order valence-electron chi connectivity index (χ0n) is 13.2. The van der Waals surface area contributed by atoms with Crippen LogP contribution in [-0.2, 0) is 13.1 Å². The van der Waals surface area contributed by atoms with Gasteiger partial charge in [0.25, 0.3) is 0 Å². The maximum Gasteiger partial charge on any atom is 0.118 e. The van der Waals surface area contributed by atoms with Crippen molar-refractivity contribution in [2.45, 2.75) is 51.3 Å². The summed E-state index contributed by atoms with van der Waals surface area (Å²) >= 11 is 2.09. The molecule has 0 aromatic carbocycles. The van der Waals surface area contributed by atoms with Crippen molar-refractivity contribution in [2.24, 2.45) is 5.92 Å². The van der Waals surface area contributed by atoms with E-state index in [9.17, 15) is 0 Å². The lowest BCUT2D eigenvalue weighted by molar-refractivity contribution is 0.241. The molecule has 1 aromatic rings. The molecule has 0 bridgehead atoms. The van der Waals surface area contributed by atoms with Gasteiger partial charge in [-0.1, -0.05) is 27.7 Å². The van der Waals surface area contributed by atoms with E-state index in [1.807, 2.05) is 6.26 Å². The molecule has 2 heterocycles. The number of hydrogen-bond donors (Lipinski definition) is 1. The van der Waals surface area contributed by atoms with Crippen molar-refractivity contribution in [1.29, 1.82) is 0 Å². The fourth-order valence-corrected chi connectivity index (χ4v) is 4.13. The third-order valence-corrected chi connectivity index (χ3v) is 4.69. The van der Waals surface area contributed by atoms with E-state index in [2.05, 4.69) is 55.7 Å². The lowest BCUT2D eigenvalue weighted by Gasteiger charge is -2.33. The zero-order valence-corrected chi connectivity index (χ0v) is 14.0. The Morgan fingerprint density at radius 3 is 2.70 bits per heavy atom. The van der Waals surface area contributed by atoms with Crippen LogP contribution >= 0.6 is 11.8 Å². The van der Waals surface area contributed by atoms with Crippen LogP contribution in [0.1, 0.15) is 39.0 Å². The number of thioether (sulfide) groups is 1. The number of furan rings is 1. The Bertz CT molecular complexity index is 395. The fourth-order valence-electron chi connectivity index (χ4n) is 2.74. The first-order valence-electron chi connectivity index (χ1n) is 7.67. The first-order chi connectivity index (χ1) is 9.52. The molecule has 1 aromatic heterocycles. The van der Waals surface area contributed by atoms with Gasteiger partial charge in [-0.15, -0.1) is 0 Å². The van der Waals surface area contributed by atoms with Crippen LogP contribution in [0, 0.1) is 5.92 Å². The average Bonchev–Trinajstić information content (AvgIpc) is 2.74. The summed E-state index contributed by atoms with van der Waals surface area (Å²) in [6.45, 7) is 14.3. The second kappa shape index (κ2) is 7.53. The topological polar surface area (TPSA) is 28.4 Å². The monoisotopic (exact) mass is 296 g/mol. The minimum Gasteiger partial charge on any atom is -0.468 e. The molecule has 1 fully saturated rings. The van der Waals surface area contributed by atoms with Gasteiger partial charge in [0, 0.05) is 35.7 Å². The van der Waals surface area contributed by atoms with E-state index in [-0.39, 0.29) is 0 Å². The molecule has 1 N–H and O–H groups in total. The van der Waals surface area contributed by atoms with Gasteiger partial charge in [-0.3, -0.25) is 4.90 Å². The second-order valence-corrected chi connectivity index (χ2v) is 8.28. The van der Waals surface area contributed by atoms with Gasteiger partial charge >= 0.3 is 0 Å². The van der Waals surface area contributed by atoms with Crippen LogP contribution in [0.5, 0.6) is 0 Å². The van der Waals surface area contributed by atoms with Crippen LogP contribution in [0.25, 0.3) is 0 Å². The van der Waals surface area contributed by atoms with Crippen LogP contribution in [0.3, 0.4) is 0 Å².